The number of hydrogen-bond donors (Lipinski definition) is 10. The largest absolute Gasteiger partial charge is 0.458 e. The quantitative estimate of drug-likeness (QED) is 0.0384. The number of fused-ring (bicyclic) bond motifs is 4. The van der Waals surface area contributed by atoms with Crippen LogP contribution in [0, 0.1) is 39.4 Å². The Balaban J connectivity index is 0.865. The molecule has 9 aliphatic rings. The summed E-state index contributed by atoms with van der Waals surface area (Å²) in [5.74, 6) is -0.681. The molecule has 8 fully saturated rings. The first kappa shape index (κ1) is 62.3. The van der Waals surface area contributed by atoms with Crippen LogP contribution in [0.5, 0.6) is 0 Å². The Morgan fingerprint density at radius 3 is 2.04 bits per heavy atom. The number of esters is 1. The van der Waals surface area contributed by atoms with E-state index in [0.717, 1.165) is 38.4 Å². The fourth-order valence-corrected chi connectivity index (χ4v) is 16.3. The van der Waals surface area contributed by atoms with Gasteiger partial charge in [0.25, 0.3) is 0 Å². The van der Waals surface area contributed by atoms with E-state index in [1.54, 1.807) is 0 Å². The summed E-state index contributed by atoms with van der Waals surface area (Å²) in [6.45, 7) is 15.8. The molecule has 9 rings (SSSR count). The van der Waals surface area contributed by atoms with E-state index in [-0.39, 0.29) is 35.6 Å². The Kier molecular flexibility index (Phi) is 17.8. The maximum atomic E-state index is 14.4. The fraction of sp³-hybridized carbons (Fsp3) is 0.889. The van der Waals surface area contributed by atoms with Gasteiger partial charge in [0, 0.05) is 13.5 Å². The van der Waals surface area contributed by atoms with Crippen molar-refractivity contribution in [1.29, 1.82) is 0 Å². The van der Waals surface area contributed by atoms with E-state index in [9.17, 15) is 64.0 Å². The number of aliphatic hydroxyl groups is 9. The highest BCUT2D eigenvalue weighted by molar-refractivity contribution is 7.80. The minimum absolute atomic E-state index is 0.0268. The van der Waals surface area contributed by atoms with Crippen molar-refractivity contribution < 1.29 is 120 Å². The summed E-state index contributed by atoms with van der Waals surface area (Å²) in [5, 5.41) is 100. The number of ether oxygens (including phenoxy) is 10. The van der Waals surface area contributed by atoms with Crippen LogP contribution in [0.4, 0.5) is 0 Å². The number of ketones is 1. The smallest absolute Gasteiger partial charge is 0.397 e. The number of rotatable bonds is 17. The molecule has 1 spiro atoms. The zero-order valence-electron chi connectivity index (χ0n) is 46.6. The summed E-state index contributed by atoms with van der Waals surface area (Å²) in [5.41, 5.74) is -1.05. The molecule has 0 aromatic carbocycles. The lowest BCUT2D eigenvalue weighted by molar-refractivity contribution is -0.389. The minimum Gasteiger partial charge on any atom is -0.458 e. The van der Waals surface area contributed by atoms with Gasteiger partial charge in [-0.25, -0.2) is 4.18 Å². The van der Waals surface area contributed by atoms with E-state index in [4.69, 9.17) is 51.9 Å². The zero-order valence-corrected chi connectivity index (χ0v) is 47.4. The van der Waals surface area contributed by atoms with Crippen molar-refractivity contribution in [3.63, 3.8) is 0 Å². The third kappa shape index (κ3) is 10.6. The van der Waals surface area contributed by atoms with Crippen molar-refractivity contribution in [3.05, 3.63) is 23.8 Å². The number of carbonyl (C=O) groups is 2. The number of allylic oxidation sites excluding steroid dienone is 3. The highest BCUT2D eigenvalue weighted by atomic mass is 32.3. The van der Waals surface area contributed by atoms with E-state index < -0.39 is 174 Å². The third-order valence-corrected chi connectivity index (χ3v) is 20.5. The van der Waals surface area contributed by atoms with Crippen molar-refractivity contribution in [3.8, 4) is 0 Å². The van der Waals surface area contributed by atoms with Crippen molar-refractivity contribution in [2.75, 3.05) is 26.9 Å². The van der Waals surface area contributed by atoms with Crippen LogP contribution in [0.3, 0.4) is 0 Å². The summed E-state index contributed by atoms with van der Waals surface area (Å²) in [6.07, 6.45) is -24.6. The number of Topliss-reactive ketones (excluding diaryl/α,β-unsaturated/α-hetero) is 1. The van der Waals surface area contributed by atoms with E-state index in [0.29, 0.717) is 32.1 Å². The maximum absolute atomic E-state index is 14.4. The molecule has 24 unspecified atom stereocenters. The van der Waals surface area contributed by atoms with Gasteiger partial charge in [-0.05, 0) is 100 Å². The van der Waals surface area contributed by atoms with Crippen molar-refractivity contribution in [1.82, 2.24) is 0 Å². The SMILES string of the molecule is C=C(C)CCC[C@]1(C)OC(=O)C23CC=C4C(CCC5C(C)(C)C(OC6OCC(O)C(O)C6OC6OC(C)C(OC7OC(CO)C(O)C(OC8OC(COS(=O)(=O)O)C(O)C(OC)C8O)C7O)C(O)C6O)CC[C@]45C)[C@]2(C)CC(=O)C31. The maximum Gasteiger partial charge on any atom is 0.397 e. The van der Waals surface area contributed by atoms with Gasteiger partial charge >= 0.3 is 16.4 Å². The molecule has 0 radical (unpaired) electrons. The van der Waals surface area contributed by atoms with Gasteiger partial charge in [-0.2, -0.15) is 8.42 Å². The number of cyclic esters (lactones) is 1. The second-order valence-corrected chi connectivity index (χ2v) is 26.4. The lowest BCUT2D eigenvalue weighted by atomic mass is 9.41. The highest BCUT2D eigenvalue weighted by Crippen LogP contribution is 2.75. The topological polar surface area (TPSA) is 372 Å². The Labute approximate surface area is 465 Å². The number of methoxy groups -OCH3 is 1. The molecule has 25 nitrogen and oxygen atoms in total. The molecule has 5 aliphatic heterocycles. The molecule has 0 amide bonds. The van der Waals surface area contributed by atoms with Crippen LogP contribution in [-0.4, -0.2) is 226 Å². The first-order valence-electron chi connectivity index (χ1n) is 27.9. The first-order chi connectivity index (χ1) is 37.4. The molecule has 5 heterocycles. The second kappa shape index (κ2) is 22.9. The molecule has 27 atom stereocenters. The molecule has 4 aliphatic carbocycles. The Hall–Kier alpha value is -2.23. The molecule has 456 valence electrons. The van der Waals surface area contributed by atoms with Crippen LogP contribution in [0.25, 0.3) is 0 Å². The Morgan fingerprint density at radius 1 is 0.762 bits per heavy atom. The zero-order chi connectivity index (χ0) is 58.6. The summed E-state index contributed by atoms with van der Waals surface area (Å²) in [4.78, 5) is 28.7. The second-order valence-electron chi connectivity index (χ2n) is 25.3. The van der Waals surface area contributed by atoms with Gasteiger partial charge in [-0.3, -0.25) is 14.1 Å². The Bertz CT molecular complexity index is 2430. The molecule has 0 aromatic rings. The van der Waals surface area contributed by atoms with Gasteiger partial charge in [-0.15, -0.1) is 6.58 Å². The van der Waals surface area contributed by atoms with Crippen LogP contribution in [0.15, 0.2) is 23.8 Å². The average Bonchev–Trinajstić information content (AvgIpc) is 4.03. The van der Waals surface area contributed by atoms with Gasteiger partial charge in [0.05, 0.1) is 43.4 Å². The normalized spacial score (nSPS) is 50.2. The standard InChI is InChI=1S/C54H84O25S/c1-23(2)11-10-16-53(8)44-27(56)19-52(7)26-12-13-31-50(4,5)32(15-17-51(31,6)25(26)14-18-54(44,52)49(65)79-53)75-48-43(33(58)28(57)21-70-48)78-45-37(62)36(61)40(24(3)72-45)76-47-39(64)42(34(59)29(20-55)73-47)77-46-38(63)41(69-9)35(60)30(74-46)22-71-80(66,67)68/h14,24,26,28-48,55,57-64H,1,10-13,15-22H2,2-9H3,(H,66,67,68)/t24?,26?,28?,29?,30?,31?,32?,33?,34?,35?,36?,37?,38?,39?,40?,41?,42?,43?,44?,45?,46?,47?,48?,51-,52+,53+,54?/m1/s1. The van der Waals surface area contributed by atoms with Crippen LogP contribution in [0.2, 0.25) is 0 Å². The van der Waals surface area contributed by atoms with Crippen LogP contribution in [0.1, 0.15) is 106 Å². The molecule has 10 N–H and O–H groups in total. The summed E-state index contributed by atoms with van der Waals surface area (Å²) in [7, 11) is -3.92. The molecule has 0 bridgehead atoms. The lowest BCUT2D eigenvalue weighted by Crippen LogP contribution is -2.67. The van der Waals surface area contributed by atoms with Gasteiger partial charge in [0.15, 0.2) is 25.2 Å². The van der Waals surface area contributed by atoms with Crippen LogP contribution < -0.4 is 0 Å². The van der Waals surface area contributed by atoms with Crippen LogP contribution in [-0.2, 0) is 71.5 Å². The van der Waals surface area contributed by atoms with E-state index >= 15 is 0 Å². The number of aliphatic hydroxyl groups excluding tert-OH is 9. The van der Waals surface area contributed by atoms with Crippen molar-refractivity contribution >= 4 is 22.2 Å². The van der Waals surface area contributed by atoms with Gasteiger partial charge in [0.1, 0.15) is 96.8 Å². The number of hydrogen-bond acceptors (Lipinski definition) is 24. The molecule has 3 saturated carbocycles. The van der Waals surface area contributed by atoms with Crippen molar-refractivity contribution in [2.45, 2.75) is 235 Å². The van der Waals surface area contributed by atoms with Crippen LogP contribution >= 0.6 is 0 Å². The van der Waals surface area contributed by atoms with Crippen molar-refractivity contribution in [2.24, 2.45) is 39.4 Å². The summed E-state index contributed by atoms with van der Waals surface area (Å²) < 4.78 is 95.6. The van der Waals surface area contributed by atoms with E-state index in [1.165, 1.54) is 12.5 Å². The molecule has 26 heteroatoms. The van der Waals surface area contributed by atoms with Gasteiger partial charge < -0.3 is 93.3 Å². The Morgan fingerprint density at radius 2 is 1.39 bits per heavy atom. The summed E-state index contributed by atoms with van der Waals surface area (Å²) >= 11 is 0. The lowest BCUT2D eigenvalue weighted by Gasteiger charge is -2.63. The predicted octanol–water partition coefficient (Wildman–Crippen LogP) is -0.382. The first-order valence-corrected chi connectivity index (χ1v) is 29.3. The van der Waals surface area contributed by atoms with E-state index in [2.05, 4.69) is 44.5 Å². The molecule has 5 saturated heterocycles. The van der Waals surface area contributed by atoms with Gasteiger partial charge in [-0.1, -0.05) is 44.9 Å². The van der Waals surface area contributed by atoms with E-state index in [1.807, 2.05) is 13.8 Å². The molecule has 80 heavy (non-hydrogen) atoms. The molecule has 0 aromatic heterocycles. The highest BCUT2D eigenvalue weighted by Gasteiger charge is 2.79. The third-order valence-electron chi connectivity index (χ3n) is 20.1. The predicted molar refractivity (Wildman–Crippen MR) is 271 cm³/mol. The monoisotopic (exact) mass is 1160 g/mol. The fourth-order valence-electron chi connectivity index (χ4n) is 16.0. The summed E-state index contributed by atoms with van der Waals surface area (Å²) in [6, 6.07) is 0. The molecular formula is C54H84O25S. The number of carbonyl (C=O) groups excluding carboxylic acids is 2. The average molecular weight is 1170 g/mol. The molecular weight excluding hydrogens is 1080 g/mol. The van der Waals surface area contributed by atoms with Gasteiger partial charge in [0.2, 0.25) is 0 Å². The minimum atomic E-state index is -5.02.